The SMILES string of the molecule is CCCCCCCCCc1ccc(CCCCCCCCC)c(C#Cc2cc(CCCCCCCCC)c(C#Cc3cc(CCCCCCCCC)c(C#Cc4cc(CCCCCCCCC)c(C#Cc5cc(CCCCCCCCC)ccc5CCCCCCCCC)cc4CCCCCCCCC)cc3CCCCCCCCC)cc2CCCCCCCCC)c1. The van der Waals surface area contributed by atoms with Gasteiger partial charge in [-0.3, -0.25) is 0 Å². The van der Waals surface area contributed by atoms with E-state index in [1.165, 1.54) is 550 Å². The fourth-order valence-corrected chi connectivity index (χ4v) is 19.5. The quantitative estimate of drug-likeness (QED) is 0.0269. The number of rotatable bonds is 80. The van der Waals surface area contributed by atoms with Crippen molar-refractivity contribution in [2.24, 2.45) is 0 Å². The van der Waals surface area contributed by atoms with Crippen molar-refractivity contribution in [2.75, 3.05) is 0 Å². The summed E-state index contributed by atoms with van der Waals surface area (Å²) >= 11 is 0. The van der Waals surface area contributed by atoms with Crippen molar-refractivity contribution < 1.29 is 0 Å². The van der Waals surface area contributed by atoms with Gasteiger partial charge >= 0.3 is 0 Å². The lowest BCUT2D eigenvalue weighted by Crippen LogP contribution is -2.01. The number of hydrogen-bond donors (Lipinski definition) is 0. The molecule has 5 aromatic carbocycles. The largest absolute Gasteiger partial charge is 0.0654 e. The van der Waals surface area contributed by atoms with Crippen LogP contribution in [0, 0.1) is 47.4 Å². The molecule has 0 aliphatic carbocycles. The topological polar surface area (TPSA) is 0 Å². The Hall–Kier alpha value is -5.66. The minimum absolute atomic E-state index is 1.04. The second-order valence-electron chi connectivity index (χ2n) is 40.2. The van der Waals surface area contributed by atoms with E-state index >= 15 is 0 Å². The molecule has 128 heavy (non-hydrogen) atoms. The summed E-state index contributed by atoms with van der Waals surface area (Å²) in [7, 11) is 0. The van der Waals surface area contributed by atoms with Crippen molar-refractivity contribution >= 4 is 0 Å². The molecule has 5 aromatic rings. The van der Waals surface area contributed by atoms with Crippen LogP contribution in [0.3, 0.4) is 0 Å². The fourth-order valence-electron chi connectivity index (χ4n) is 19.5. The lowest BCUT2D eigenvalue weighted by molar-refractivity contribution is 0.588. The molecule has 0 saturated carbocycles. The Morgan fingerprint density at radius 1 is 0.117 bits per heavy atom. The molecule has 0 nitrogen and oxygen atoms in total. The highest BCUT2D eigenvalue weighted by Gasteiger charge is 2.17. The van der Waals surface area contributed by atoms with E-state index in [4.69, 9.17) is 0 Å². The predicted octanol–water partition coefficient (Wildman–Crippen LogP) is 40.2. The molecule has 0 spiro atoms. The Morgan fingerprint density at radius 3 is 0.383 bits per heavy atom. The number of hydrogen-bond acceptors (Lipinski definition) is 0. The van der Waals surface area contributed by atoms with Gasteiger partial charge in [-0.05, 0) is 233 Å². The minimum Gasteiger partial charge on any atom is -0.0654 e. The number of unbranched alkanes of at least 4 members (excludes halogenated alkanes) is 60. The van der Waals surface area contributed by atoms with Gasteiger partial charge in [0.2, 0.25) is 0 Å². The molecule has 0 saturated heterocycles. The van der Waals surface area contributed by atoms with Crippen molar-refractivity contribution in [3.05, 3.63) is 173 Å². The molecule has 0 aromatic heterocycles. The van der Waals surface area contributed by atoms with Crippen molar-refractivity contribution in [2.45, 2.75) is 583 Å². The molecule has 0 radical (unpaired) electrons. The summed E-state index contributed by atoms with van der Waals surface area (Å²) in [4.78, 5) is 0. The lowest BCUT2D eigenvalue weighted by Gasteiger charge is -2.14. The molecule has 0 heteroatoms. The normalized spacial score (nSPS) is 11.3. The molecule has 0 amide bonds. The molecule has 0 atom stereocenters. The van der Waals surface area contributed by atoms with E-state index in [0.717, 1.165) is 64.2 Å². The molecule has 0 aliphatic rings. The molecular weight excluding hydrogens is 1540 g/mol. The van der Waals surface area contributed by atoms with Gasteiger partial charge in [0.05, 0.1) is 0 Å². The van der Waals surface area contributed by atoms with Crippen LogP contribution in [-0.2, 0) is 64.2 Å². The summed E-state index contributed by atoms with van der Waals surface area (Å²) in [6, 6.07) is 30.5. The first-order valence-corrected chi connectivity index (χ1v) is 57.0. The van der Waals surface area contributed by atoms with Gasteiger partial charge in [-0.15, -0.1) is 0 Å². The summed E-state index contributed by atoms with van der Waals surface area (Å²) in [5.74, 6) is 32.7. The van der Waals surface area contributed by atoms with Gasteiger partial charge in [0.15, 0.2) is 0 Å². The van der Waals surface area contributed by atoms with Gasteiger partial charge in [-0.25, -0.2) is 0 Å². The van der Waals surface area contributed by atoms with Crippen LogP contribution >= 0.6 is 0 Å². The van der Waals surface area contributed by atoms with E-state index < -0.39 is 0 Å². The van der Waals surface area contributed by atoms with Gasteiger partial charge in [0, 0.05) is 44.5 Å². The first-order valence-electron chi connectivity index (χ1n) is 57.0. The van der Waals surface area contributed by atoms with Crippen LogP contribution in [0.15, 0.2) is 72.8 Å². The van der Waals surface area contributed by atoms with Crippen molar-refractivity contribution in [3.63, 3.8) is 0 Å². The van der Waals surface area contributed by atoms with Gasteiger partial charge in [-0.1, -0.05) is 526 Å². The van der Waals surface area contributed by atoms with Crippen LogP contribution in [0.2, 0.25) is 0 Å². The average Bonchev–Trinajstić information content (AvgIpc) is 0.814. The summed E-state index contributed by atoms with van der Waals surface area (Å²) in [6.45, 7) is 23.5. The van der Waals surface area contributed by atoms with Crippen molar-refractivity contribution in [1.29, 1.82) is 0 Å². The third-order valence-corrected chi connectivity index (χ3v) is 28.2. The van der Waals surface area contributed by atoms with E-state index in [2.05, 4.69) is 189 Å². The van der Waals surface area contributed by atoms with Crippen LogP contribution in [-0.4, -0.2) is 0 Å². The fraction of sp³-hybridized carbons (Fsp3) is 0.703. The lowest BCUT2D eigenvalue weighted by atomic mass is 9.90. The second-order valence-corrected chi connectivity index (χ2v) is 40.2. The van der Waals surface area contributed by atoms with E-state index in [9.17, 15) is 0 Å². The zero-order valence-corrected chi connectivity index (χ0v) is 86.5. The van der Waals surface area contributed by atoms with Crippen LogP contribution in [0.5, 0.6) is 0 Å². The Morgan fingerprint density at radius 2 is 0.234 bits per heavy atom. The third-order valence-electron chi connectivity index (χ3n) is 28.2. The maximum Gasteiger partial charge on any atom is 0.0284 e. The Kier molecular flexibility index (Phi) is 70.4. The minimum atomic E-state index is 1.04. The molecule has 0 heterocycles. The van der Waals surface area contributed by atoms with Crippen LogP contribution in [0.1, 0.15) is 619 Å². The highest BCUT2D eigenvalue weighted by atomic mass is 14.2. The highest BCUT2D eigenvalue weighted by molar-refractivity contribution is 5.61. The van der Waals surface area contributed by atoms with Crippen molar-refractivity contribution in [1.82, 2.24) is 0 Å². The zero-order valence-electron chi connectivity index (χ0n) is 86.5. The van der Waals surface area contributed by atoms with Gasteiger partial charge in [0.1, 0.15) is 0 Å². The molecule has 0 fully saturated rings. The van der Waals surface area contributed by atoms with E-state index in [1.807, 2.05) is 0 Å². The molecule has 0 aliphatic heterocycles. The maximum atomic E-state index is 4.14. The molecule has 0 N–H and O–H groups in total. The Labute approximate surface area is 797 Å². The smallest absolute Gasteiger partial charge is 0.0284 e. The molecule has 714 valence electrons. The maximum absolute atomic E-state index is 4.14. The van der Waals surface area contributed by atoms with E-state index in [0.29, 0.717) is 0 Å². The molecule has 0 unspecified atom stereocenters. The second kappa shape index (κ2) is 79.9. The van der Waals surface area contributed by atoms with Crippen molar-refractivity contribution in [3.8, 4) is 47.4 Å². The predicted molar refractivity (Wildman–Crippen MR) is 573 cm³/mol. The van der Waals surface area contributed by atoms with E-state index in [-0.39, 0.29) is 0 Å². The summed E-state index contributed by atoms with van der Waals surface area (Å²) in [5.41, 5.74) is 24.4. The van der Waals surface area contributed by atoms with Crippen LogP contribution in [0.25, 0.3) is 0 Å². The first kappa shape index (κ1) is 113. The number of aryl methyl sites for hydroxylation is 10. The molecular formula is C128H202. The summed E-state index contributed by atoms with van der Waals surface area (Å²) in [5, 5.41) is 0. The van der Waals surface area contributed by atoms with Crippen LogP contribution in [0.4, 0.5) is 0 Å². The van der Waals surface area contributed by atoms with Crippen LogP contribution < -0.4 is 0 Å². The monoisotopic (exact) mass is 1740 g/mol. The van der Waals surface area contributed by atoms with E-state index in [1.54, 1.807) is 0 Å². The van der Waals surface area contributed by atoms with Gasteiger partial charge in [0.25, 0.3) is 0 Å². The molecule has 0 bridgehead atoms. The van der Waals surface area contributed by atoms with Gasteiger partial charge in [-0.2, -0.15) is 0 Å². The van der Waals surface area contributed by atoms with Gasteiger partial charge < -0.3 is 0 Å². The first-order chi connectivity index (χ1) is 63.3. The number of benzene rings is 5. The average molecular weight is 1740 g/mol. The zero-order chi connectivity index (χ0) is 91.1. The highest BCUT2D eigenvalue weighted by Crippen LogP contribution is 2.31. The molecule has 5 rings (SSSR count). The summed E-state index contributed by atoms with van der Waals surface area (Å²) in [6.07, 6.45) is 103. The Bertz CT molecular complexity index is 3560. The summed E-state index contributed by atoms with van der Waals surface area (Å²) < 4.78 is 0. The third kappa shape index (κ3) is 53.9. The Balaban J connectivity index is 1.80. The standard InChI is InChI=1S/C128H202/c1-11-21-31-41-51-61-71-81-111-91-93-113(83-73-63-53-43-33-23-13-3)121(103-111)95-97-123-105-117(87-77-67-57-47-37-27-17-7)125(107-115(123)85-75-65-55-45-35-25-15-5)99-101-127-109-120(90-80-70-60-50-40-30-20-10)128(110-119(127)89-79-69-59-49-39-29-19-9)102-100-126-108-116(86-76-66-56-46-36-26-16-6)124(106-118(126)88-78-68-58-48-38-28-18-8)98-96-122-104-112(82-72-62-52-42-32-22-12-2)92-94-114(122)84-74-64-54-44-34-24-14-4/h91-94,103-110H,11-90H2,1-10H3.